The van der Waals surface area contributed by atoms with E-state index < -0.39 is 29.2 Å². The Morgan fingerprint density at radius 2 is 0.818 bits per heavy atom. The molecular weight excluding hydrogens is 1280 g/mol. The number of rotatable bonds is 22. The van der Waals surface area contributed by atoms with Crippen LogP contribution in [-0.4, -0.2) is 146 Å². The number of hydrogen-bond donors (Lipinski definition) is 7. The van der Waals surface area contributed by atoms with Crippen molar-refractivity contribution in [2.75, 3.05) is 85.7 Å². The molecule has 0 heterocycles. The van der Waals surface area contributed by atoms with Crippen molar-refractivity contribution in [1.82, 2.24) is 5.32 Å². The highest BCUT2D eigenvalue weighted by atomic mass is 28.4. The summed E-state index contributed by atoms with van der Waals surface area (Å²) in [7, 11) is -3.22. The first-order valence-electron chi connectivity index (χ1n) is 33.3. The summed E-state index contributed by atoms with van der Waals surface area (Å²) in [5.41, 5.74) is 27.6. The molecule has 6 aromatic rings. The summed E-state index contributed by atoms with van der Waals surface area (Å²) in [6.07, 6.45) is 15.5. The Kier molecular flexibility index (Phi) is 40.2. The topological polar surface area (TPSA) is 285 Å². The van der Waals surface area contributed by atoms with Crippen LogP contribution < -0.4 is 11.1 Å². The second-order valence-corrected chi connectivity index (χ2v) is 35.0. The molecule has 3 aliphatic rings. The fraction of sp³-hybridized carbons (Fsp3) is 0.380. The van der Waals surface area contributed by atoms with Crippen LogP contribution in [0.1, 0.15) is 108 Å². The highest BCUT2D eigenvalue weighted by Gasteiger charge is 2.38. The number of carbonyl (C=O) groups is 3. The first-order valence-corrected chi connectivity index (χ1v) is 38.6. The maximum Gasteiger partial charge on any atom is 0.407 e. The van der Waals surface area contributed by atoms with E-state index in [4.69, 9.17) is 61.2 Å². The Morgan fingerprint density at radius 3 is 1.12 bits per heavy atom. The number of fused-ring (bicyclic) bond motifs is 9. The van der Waals surface area contributed by atoms with Gasteiger partial charge in [-0.15, -0.1) is 0 Å². The number of nitrogens with one attached hydrogen (secondary N) is 1. The van der Waals surface area contributed by atoms with Crippen LogP contribution in [0.3, 0.4) is 0 Å². The highest BCUT2D eigenvalue weighted by Crippen LogP contribution is 2.47. The minimum Gasteiger partial charge on any atom is -0.467 e. The van der Waals surface area contributed by atoms with Crippen molar-refractivity contribution in [2.45, 2.75) is 110 Å². The average Bonchev–Trinajstić information content (AvgIpc) is 1.63. The Morgan fingerprint density at radius 1 is 0.515 bits per heavy atom. The SMILES string of the molecule is C.CC(=O)OCC1c2ccccc2-c2ccccc21.CC(C)(C)[Si](C)(C)OC/C=C\CN=[N+]=[N-].CC(C)(C)[Si](C)(C)OC/C=C\CO.NC/C=C\CO.O=C(NC/C=C\CO)OCC1c2ccccc2-c2ccccc21.OC/C=C\CO.[3H]C(=O)OCC1c2ccccc2-c2ccccc21. The van der Waals surface area contributed by atoms with Crippen molar-refractivity contribution < 1.29 is 64.3 Å². The molecule has 99 heavy (non-hydrogen) atoms. The number of ether oxygens (including phenoxy) is 3. The number of amides is 1. The van der Waals surface area contributed by atoms with Gasteiger partial charge >= 0.3 is 12.1 Å². The van der Waals surface area contributed by atoms with Gasteiger partial charge in [-0.2, -0.15) is 0 Å². The van der Waals surface area contributed by atoms with E-state index >= 15 is 0 Å². The quantitative estimate of drug-likeness (QED) is 0.00486. The molecule has 0 radical (unpaired) electrons. The number of azide groups is 1. The van der Waals surface area contributed by atoms with Gasteiger partial charge in [0.2, 0.25) is 0 Å². The third-order valence-electron chi connectivity index (χ3n) is 16.8. The summed E-state index contributed by atoms with van der Waals surface area (Å²) in [5, 5.41) is 47.8. The van der Waals surface area contributed by atoms with Gasteiger partial charge in [-0.25, -0.2) is 4.79 Å². The van der Waals surface area contributed by atoms with Crippen LogP contribution in [0.5, 0.6) is 0 Å². The molecule has 1 amide bonds. The number of nitrogens with zero attached hydrogens (tertiary/aromatic N) is 3. The second-order valence-electron chi connectivity index (χ2n) is 25.4. The lowest BCUT2D eigenvalue weighted by Gasteiger charge is -2.35. The molecule has 20 heteroatoms. The monoisotopic (exact) mass is 1390 g/mol. The lowest BCUT2D eigenvalue weighted by Crippen LogP contribution is -2.40. The van der Waals surface area contributed by atoms with Gasteiger partial charge < -0.3 is 59.6 Å². The molecule has 0 unspecified atom stereocenters. The summed E-state index contributed by atoms with van der Waals surface area (Å²) in [6, 6.07) is 49.4. The number of esters is 1. The summed E-state index contributed by atoms with van der Waals surface area (Å²) in [5.74, 6) is 0.0611. The Balaban J connectivity index is 0.000000411. The number of benzene rings is 6. The number of alkyl carbamates (subject to hydrolysis) is 1. The van der Waals surface area contributed by atoms with Crippen LogP contribution in [0.2, 0.25) is 36.3 Å². The Bertz CT molecular complexity index is 3340. The van der Waals surface area contributed by atoms with E-state index in [2.05, 4.69) is 156 Å². The van der Waals surface area contributed by atoms with E-state index in [0.29, 0.717) is 46.1 Å². The molecule has 3 aliphatic carbocycles. The largest absolute Gasteiger partial charge is 0.467 e. The smallest absolute Gasteiger partial charge is 0.407 e. The molecular formula is C79H109N5O13Si2. The number of aliphatic hydroxyl groups is 5. The molecule has 6 aromatic carbocycles. The number of hydrogen-bond acceptors (Lipinski definition) is 15. The molecule has 0 aliphatic heterocycles. The summed E-state index contributed by atoms with van der Waals surface area (Å²) < 4.78 is 34.0. The molecule has 0 fully saturated rings. The molecule has 0 aromatic heterocycles. The summed E-state index contributed by atoms with van der Waals surface area (Å²) >= 11 is 0. The van der Waals surface area contributed by atoms with Crippen LogP contribution in [-0.2, 0) is 32.7 Å². The van der Waals surface area contributed by atoms with Crippen molar-refractivity contribution in [3.05, 3.63) is 250 Å². The van der Waals surface area contributed by atoms with E-state index in [0.717, 1.165) is 0 Å². The van der Waals surface area contributed by atoms with E-state index in [1.54, 1.807) is 30.4 Å². The molecule has 0 saturated carbocycles. The van der Waals surface area contributed by atoms with Gasteiger partial charge in [-0.3, -0.25) is 9.59 Å². The van der Waals surface area contributed by atoms with Crippen molar-refractivity contribution in [3.63, 3.8) is 0 Å². The molecule has 18 nitrogen and oxygen atoms in total. The zero-order valence-electron chi connectivity index (χ0n) is 60.0. The standard InChI is InChI=1S/C19H19NO3.C16H14O2.C15H12O2.C10H21N3OSi.C10H22O2Si.C4H9NO.C4H8O2.CH4/c21-12-6-5-11-20-19(22)23-13-18-16-9-3-1-7-14(16)15-8-2-4-10-17(15)18;1-11(17)18-10-16-14-8-4-2-6-12(14)13-7-3-5-9-15(13)16;16-10-17-9-15-13-7-3-1-5-11(13)12-6-2-4-8-14(12)15;1-10(2,3)15(4,5)14-9-7-6-8-12-13-11;1-10(2,3)13(4,5)12-9-7-6-8-11;2*5-3-1-2-4-6;/h1-10,18,21H,11-13H2,(H,20,22);2-9,16H,10H2,1H3;1-8,10,15H,9H2;6-7H,8-9H2,1-5H3;6-7,11H,8-9H2,1-5H3;1-2,6H,3-5H2;1-2,5-6H,3-4H2;1H4/b6-5-;;;2*7-6-;2*2-1-;/i;;10T;;;;;. The van der Waals surface area contributed by atoms with Crippen LogP contribution in [0.15, 0.2) is 211 Å². The van der Waals surface area contributed by atoms with Crippen LogP contribution in [0.25, 0.3) is 43.8 Å². The van der Waals surface area contributed by atoms with Crippen molar-refractivity contribution in [3.8, 4) is 33.4 Å². The predicted octanol–water partition coefficient (Wildman–Crippen LogP) is 15.5. The Hall–Kier alpha value is -8.35. The van der Waals surface area contributed by atoms with Gasteiger partial charge in [0.1, 0.15) is 19.8 Å². The molecule has 9 rings (SSSR count). The van der Waals surface area contributed by atoms with Crippen molar-refractivity contribution in [1.29, 1.82) is 0 Å². The van der Waals surface area contributed by atoms with E-state index in [1.807, 2.05) is 91.0 Å². The normalized spacial score (nSPS) is 12.8. The van der Waals surface area contributed by atoms with E-state index in [1.165, 1.54) is 85.8 Å². The highest BCUT2D eigenvalue weighted by molar-refractivity contribution is 6.74. The zero-order valence-corrected chi connectivity index (χ0v) is 61.0. The zero-order chi connectivity index (χ0) is 73.3. The fourth-order valence-corrected chi connectivity index (χ4v) is 11.7. The lowest BCUT2D eigenvalue weighted by molar-refractivity contribution is -0.141. The maximum absolute atomic E-state index is 11.8. The van der Waals surface area contributed by atoms with E-state index in [-0.39, 0.29) is 80.9 Å². The van der Waals surface area contributed by atoms with Gasteiger partial charge in [0.15, 0.2) is 18.0 Å². The second kappa shape index (κ2) is 46.8. The minimum absolute atomic E-state index is 0. The summed E-state index contributed by atoms with van der Waals surface area (Å²) in [4.78, 5) is 36.1. The average molecular weight is 1390 g/mol. The van der Waals surface area contributed by atoms with Gasteiger partial charge in [0, 0.05) is 49.2 Å². The van der Waals surface area contributed by atoms with Crippen LogP contribution >= 0.6 is 0 Å². The fourth-order valence-electron chi connectivity index (χ4n) is 9.78. The third kappa shape index (κ3) is 29.2. The molecule has 536 valence electrons. The van der Waals surface area contributed by atoms with Gasteiger partial charge in [0.25, 0.3) is 6.45 Å². The van der Waals surface area contributed by atoms with E-state index in [9.17, 15) is 14.4 Å². The molecule has 0 bridgehead atoms. The first-order chi connectivity index (χ1) is 47.3. The summed E-state index contributed by atoms with van der Waals surface area (Å²) in [6.45, 7) is 27.3. The van der Waals surface area contributed by atoms with Crippen molar-refractivity contribution in [2.24, 2.45) is 10.8 Å². The molecule has 0 spiro atoms. The molecule has 0 saturated heterocycles. The van der Waals surface area contributed by atoms with Gasteiger partial charge in [-0.1, -0.05) is 260 Å². The van der Waals surface area contributed by atoms with Crippen LogP contribution in [0.4, 0.5) is 4.79 Å². The Labute approximate surface area is 591 Å². The van der Waals surface area contributed by atoms with Crippen LogP contribution in [0, 0.1) is 0 Å². The lowest BCUT2D eigenvalue weighted by atomic mass is 9.98. The molecule has 0 atom stereocenters. The number of nitrogens with two attached hydrogens (primary N) is 1. The maximum atomic E-state index is 11.8. The number of aliphatic hydroxyl groups excluding tert-OH is 5. The third-order valence-corrected chi connectivity index (χ3v) is 25.8. The van der Waals surface area contributed by atoms with Crippen molar-refractivity contribution >= 4 is 35.1 Å². The minimum atomic E-state index is -1.63. The van der Waals surface area contributed by atoms with Gasteiger partial charge in [-0.05, 0) is 109 Å². The number of carbonyl (C=O) groups excluding carboxylic acids is 3. The molecule has 8 N–H and O–H groups in total. The first kappa shape index (κ1) is 84.9. The predicted molar refractivity (Wildman–Crippen MR) is 406 cm³/mol. The van der Waals surface area contributed by atoms with Gasteiger partial charge in [0.05, 0.1) is 46.2 Å².